The van der Waals surface area contributed by atoms with Gasteiger partial charge in [0, 0.05) is 18.8 Å². The van der Waals surface area contributed by atoms with Gasteiger partial charge in [-0.05, 0) is 19.3 Å². The van der Waals surface area contributed by atoms with Crippen molar-refractivity contribution in [3.8, 4) is 0 Å². The first-order valence-corrected chi connectivity index (χ1v) is 5.60. The predicted octanol–water partition coefficient (Wildman–Crippen LogP) is 0.904. The minimum atomic E-state index is -0.726. The van der Waals surface area contributed by atoms with Crippen LogP contribution in [0.3, 0.4) is 0 Å². The van der Waals surface area contributed by atoms with Gasteiger partial charge in [0.25, 0.3) is 0 Å². The molecule has 3 aliphatic heterocycles. The topological polar surface area (TPSA) is 44.8 Å². The highest BCUT2D eigenvalue weighted by Gasteiger charge is 2.75. The van der Waals surface area contributed by atoms with Crippen LogP contribution in [0.25, 0.3) is 0 Å². The van der Waals surface area contributed by atoms with Crippen LogP contribution >= 0.6 is 0 Å². The van der Waals surface area contributed by atoms with E-state index in [9.17, 15) is 4.79 Å². The second-order valence-corrected chi connectivity index (χ2v) is 5.52. The lowest BCUT2D eigenvalue weighted by atomic mass is 9.83. The van der Waals surface area contributed by atoms with Gasteiger partial charge in [-0.1, -0.05) is 0 Å². The van der Waals surface area contributed by atoms with Crippen molar-refractivity contribution in [2.75, 3.05) is 6.61 Å². The quantitative estimate of drug-likeness (QED) is 0.557. The lowest BCUT2D eigenvalue weighted by Gasteiger charge is -2.26. The minimum absolute atomic E-state index is 0.0516. The van der Waals surface area contributed by atoms with Crippen LogP contribution in [-0.2, 0) is 19.0 Å². The summed E-state index contributed by atoms with van der Waals surface area (Å²) < 4.78 is 17.0. The highest BCUT2D eigenvalue weighted by molar-refractivity contribution is 5.76. The van der Waals surface area contributed by atoms with E-state index in [0.29, 0.717) is 11.8 Å². The van der Waals surface area contributed by atoms with Gasteiger partial charge in [0.05, 0.1) is 12.5 Å². The average Bonchev–Trinajstić information content (AvgIpc) is 2.73. The Morgan fingerprint density at radius 1 is 1.27 bits per heavy atom. The minimum Gasteiger partial charge on any atom is -0.433 e. The summed E-state index contributed by atoms with van der Waals surface area (Å²) >= 11 is 0. The molecule has 6 atom stereocenters. The first-order chi connectivity index (χ1) is 7.04. The van der Waals surface area contributed by atoms with Crippen LogP contribution in [0.5, 0.6) is 0 Å². The zero-order valence-electron chi connectivity index (χ0n) is 8.86. The SMILES string of the molecule is CC12OCC3CC4C(=O)OC(C)(O1)C4C32. The molecule has 0 amide bonds. The Balaban J connectivity index is 1.88. The van der Waals surface area contributed by atoms with Crippen molar-refractivity contribution < 1.29 is 19.0 Å². The Bertz CT molecular complexity index is 368. The lowest BCUT2D eigenvalue weighted by Crippen LogP contribution is -2.35. The summed E-state index contributed by atoms with van der Waals surface area (Å²) in [7, 11) is 0. The number of carbonyl (C=O) groups excluding carboxylic acids is 1. The van der Waals surface area contributed by atoms with Crippen LogP contribution in [0.1, 0.15) is 20.3 Å². The van der Waals surface area contributed by atoms with Gasteiger partial charge in [-0.25, -0.2) is 0 Å². The van der Waals surface area contributed by atoms with Crippen molar-refractivity contribution in [3.05, 3.63) is 0 Å². The summed E-state index contributed by atoms with van der Waals surface area (Å²) in [5.41, 5.74) is 0. The van der Waals surface area contributed by atoms with Crippen molar-refractivity contribution in [1.82, 2.24) is 0 Å². The zero-order chi connectivity index (χ0) is 10.4. The molecule has 0 spiro atoms. The molecule has 0 bridgehead atoms. The maximum absolute atomic E-state index is 11.7. The summed E-state index contributed by atoms with van der Waals surface area (Å²) in [5, 5.41) is 0. The number of esters is 1. The number of hydrogen-bond donors (Lipinski definition) is 0. The Labute approximate surface area is 87.9 Å². The molecule has 6 unspecified atom stereocenters. The van der Waals surface area contributed by atoms with Crippen molar-refractivity contribution >= 4 is 5.97 Å². The molecule has 0 aromatic rings. The third-order valence-electron chi connectivity index (χ3n) is 4.69. The maximum atomic E-state index is 11.7. The molecule has 4 rings (SSSR count). The van der Waals surface area contributed by atoms with Crippen LogP contribution in [0, 0.1) is 23.7 Å². The third-order valence-corrected chi connectivity index (χ3v) is 4.69. The molecular formula is C11H14O4. The molecule has 4 nitrogen and oxygen atoms in total. The Morgan fingerprint density at radius 2 is 2.07 bits per heavy atom. The molecule has 3 saturated heterocycles. The second-order valence-electron chi connectivity index (χ2n) is 5.52. The van der Waals surface area contributed by atoms with E-state index in [1.165, 1.54) is 0 Å². The molecule has 0 N–H and O–H groups in total. The van der Waals surface area contributed by atoms with Gasteiger partial charge in [-0.2, -0.15) is 0 Å². The monoisotopic (exact) mass is 210 g/mol. The van der Waals surface area contributed by atoms with Crippen molar-refractivity contribution in [3.63, 3.8) is 0 Å². The van der Waals surface area contributed by atoms with Crippen LogP contribution < -0.4 is 0 Å². The fourth-order valence-corrected chi connectivity index (χ4v) is 4.32. The van der Waals surface area contributed by atoms with Crippen molar-refractivity contribution in [2.45, 2.75) is 31.8 Å². The van der Waals surface area contributed by atoms with E-state index in [1.54, 1.807) is 0 Å². The Hall–Kier alpha value is -0.610. The molecule has 1 saturated carbocycles. The van der Waals surface area contributed by atoms with Gasteiger partial charge in [-0.3, -0.25) is 4.79 Å². The summed E-state index contributed by atoms with van der Waals surface area (Å²) in [6.07, 6.45) is 0.919. The standard InChI is InChI=1S/C11H14O4/c1-10-7-5(4-13-10)3-6-8(7)11(2,15-10)14-9(6)12/h5-8H,3-4H2,1-2H3. The molecule has 1 aliphatic carbocycles. The van der Waals surface area contributed by atoms with E-state index in [4.69, 9.17) is 14.2 Å². The highest BCUT2D eigenvalue weighted by atomic mass is 16.8. The second kappa shape index (κ2) is 2.09. The normalized spacial score (nSPS) is 64.8. The van der Waals surface area contributed by atoms with Gasteiger partial charge < -0.3 is 14.2 Å². The van der Waals surface area contributed by atoms with Crippen molar-refractivity contribution in [1.29, 1.82) is 0 Å². The van der Waals surface area contributed by atoms with Crippen LogP contribution in [0.4, 0.5) is 0 Å². The van der Waals surface area contributed by atoms with E-state index >= 15 is 0 Å². The predicted molar refractivity (Wildman–Crippen MR) is 48.5 cm³/mol. The molecule has 4 aliphatic rings. The first kappa shape index (κ1) is 8.53. The molecular weight excluding hydrogens is 196 g/mol. The van der Waals surface area contributed by atoms with Crippen LogP contribution in [-0.4, -0.2) is 24.2 Å². The number of hydrogen-bond acceptors (Lipinski definition) is 4. The molecule has 4 fully saturated rings. The number of ether oxygens (including phenoxy) is 3. The maximum Gasteiger partial charge on any atom is 0.312 e. The summed E-state index contributed by atoms with van der Waals surface area (Å²) in [5.74, 6) is -0.216. The lowest BCUT2D eigenvalue weighted by molar-refractivity contribution is -0.287. The average molecular weight is 210 g/mol. The van der Waals surface area contributed by atoms with E-state index in [2.05, 4.69) is 0 Å². The van der Waals surface area contributed by atoms with Crippen molar-refractivity contribution in [2.24, 2.45) is 23.7 Å². The van der Waals surface area contributed by atoms with Gasteiger partial charge in [0.2, 0.25) is 5.79 Å². The number of rotatable bonds is 0. The summed E-state index contributed by atoms with van der Waals surface area (Å²) in [6, 6.07) is 0. The largest absolute Gasteiger partial charge is 0.433 e. The molecule has 82 valence electrons. The summed E-state index contributed by atoms with van der Waals surface area (Å²) in [4.78, 5) is 11.7. The van der Waals surface area contributed by atoms with Gasteiger partial charge in [-0.15, -0.1) is 0 Å². The van der Waals surface area contributed by atoms with E-state index < -0.39 is 11.6 Å². The van der Waals surface area contributed by atoms with E-state index in [-0.39, 0.29) is 17.8 Å². The van der Waals surface area contributed by atoms with Gasteiger partial charge >= 0.3 is 5.97 Å². The Kier molecular flexibility index (Phi) is 1.19. The van der Waals surface area contributed by atoms with Crippen LogP contribution in [0.2, 0.25) is 0 Å². The van der Waals surface area contributed by atoms with E-state index in [0.717, 1.165) is 13.0 Å². The molecule has 15 heavy (non-hydrogen) atoms. The molecule has 3 heterocycles. The smallest absolute Gasteiger partial charge is 0.312 e. The Morgan fingerprint density at radius 3 is 2.87 bits per heavy atom. The highest BCUT2D eigenvalue weighted by Crippen LogP contribution is 2.66. The van der Waals surface area contributed by atoms with Crippen LogP contribution in [0.15, 0.2) is 0 Å². The fourth-order valence-electron chi connectivity index (χ4n) is 4.32. The number of carbonyl (C=O) groups is 1. The molecule has 0 aromatic carbocycles. The fraction of sp³-hybridized carbons (Fsp3) is 0.909. The molecule has 0 radical (unpaired) electrons. The molecule has 4 heteroatoms. The zero-order valence-corrected chi connectivity index (χ0v) is 8.86. The van der Waals surface area contributed by atoms with Gasteiger partial charge in [0.1, 0.15) is 0 Å². The first-order valence-electron chi connectivity index (χ1n) is 5.60. The van der Waals surface area contributed by atoms with E-state index in [1.807, 2.05) is 13.8 Å². The third kappa shape index (κ3) is 0.742. The molecule has 0 aromatic heterocycles. The van der Waals surface area contributed by atoms with Gasteiger partial charge in [0.15, 0.2) is 5.79 Å². The summed E-state index contributed by atoms with van der Waals surface area (Å²) in [6.45, 7) is 4.60.